The molecule has 5 aliphatic rings. The SMILES string of the molecule is CCOC(=O)N1CCN(C(=O)[C@@H]2[C@@H]3C=C[C@]4(O3)[C@H]2C(=O)N2[C@@H](c3ccco3)CC(=O)[C@@H](C)[C@@H]24)CC1. The molecule has 4 fully saturated rings. The minimum Gasteiger partial charge on any atom is -0.467 e. The Morgan fingerprint density at radius 1 is 1.17 bits per heavy atom. The van der Waals surface area contributed by atoms with Crippen molar-refractivity contribution in [2.75, 3.05) is 32.8 Å². The van der Waals surface area contributed by atoms with Crippen molar-refractivity contribution in [1.82, 2.24) is 14.7 Å². The molecule has 0 aliphatic carbocycles. The molecule has 0 radical (unpaired) electrons. The van der Waals surface area contributed by atoms with Crippen LogP contribution < -0.4 is 0 Å². The standard InChI is InChI=1S/C25H29N3O7/c1-3-33-24(32)27-10-8-26(9-11-27)22(30)19-18-6-7-25(35-18)20(19)23(31)28-15(17-5-4-12-34-17)13-16(29)14(2)21(25)28/h4-7,12,14-15,18-21H,3,8-11,13H2,1-2H3/t14-,15-,18+,19-,20-,21-,25+/m1/s1. The first-order valence-electron chi connectivity index (χ1n) is 12.3. The van der Waals surface area contributed by atoms with Crippen molar-refractivity contribution in [1.29, 1.82) is 0 Å². The van der Waals surface area contributed by atoms with Gasteiger partial charge in [0, 0.05) is 38.5 Å². The summed E-state index contributed by atoms with van der Waals surface area (Å²) in [6.45, 7) is 5.40. The normalized spacial score (nSPS) is 37.6. The van der Waals surface area contributed by atoms with Gasteiger partial charge in [0.05, 0.1) is 42.9 Å². The van der Waals surface area contributed by atoms with Crippen molar-refractivity contribution in [3.05, 3.63) is 36.3 Å². The van der Waals surface area contributed by atoms with E-state index in [4.69, 9.17) is 13.9 Å². The van der Waals surface area contributed by atoms with E-state index in [1.807, 2.05) is 19.1 Å². The lowest BCUT2D eigenvalue weighted by molar-refractivity contribution is -0.150. The number of ketones is 1. The predicted octanol–water partition coefficient (Wildman–Crippen LogP) is 1.38. The van der Waals surface area contributed by atoms with Crippen LogP contribution in [0.2, 0.25) is 0 Å². The quantitative estimate of drug-likeness (QED) is 0.598. The summed E-state index contributed by atoms with van der Waals surface area (Å²) in [5.74, 6) is -1.45. The van der Waals surface area contributed by atoms with Gasteiger partial charge in [-0.25, -0.2) is 4.79 Å². The van der Waals surface area contributed by atoms with Crippen LogP contribution in [0.15, 0.2) is 35.0 Å². The average Bonchev–Trinajstić information content (AvgIpc) is 3.64. The number of carbonyl (C=O) groups excluding carboxylic acids is 4. The number of piperazine rings is 1. The van der Waals surface area contributed by atoms with Gasteiger partial charge in [0.2, 0.25) is 11.8 Å². The molecule has 6 heterocycles. The smallest absolute Gasteiger partial charge is 0.409 e. The molecular formula is C25H29N3O7. The molecule has 0 N–H and O–H groups in total. The molecule has 3 amide bonds. The van der Waals surface area contributed by atoms with Gasteiger partial charge >= 0.3 is 6.09 Å². The summed E-state index contributed by atoms with van der Waals surface area (Å²) < 4.78 is 17.1. The van der Waals surface area contributed by atoms with E-state index in [9.17, 15) is 19.2 Å². The second-order valence-electron chi connectivity index (χ2n) is 9.99. The van der Waals surface area contributed by atoms with Crippen molar-refractivity contribution in [2.24, 2.45) is 17.8 Å². The second-order valence-corrected chi connectivity index (χ2v) is 9.99. The first kappa shape index (κ1) is 22.3. The lowest BCUT2D eigenvalue weighted by atomic mass is 9.70. The molecule has 1 aromatic rings. The number of Topliss-reactive ketones (excluding diaryl/α,β-unsaturated/α-hetero) is 1. The molecule has 1 spiro atoms. The lowest BCUT2D eigenvalue weighted by Crippen LogP contribution is -2.55. The van der Waals surface area contributed by atoms with Crippen molar-refractivity contribution < 1.29 is 33.1 Å². The molecule has 5 aliphatic heterocycles. The summed E-state index contributed by atoms with van der Waals surface area (Å²) in [5.41, 5.74) is -1.00. The second kappa shape index (κ2) is 7.94. The molecule has 2 bridgehead atoms. The van der Waals surface area contributed by atoms with Crippen LogP contribution in [0.1, 0.15) is 32.1 Å². The Balaban J connectivity index is 1.28. The Morgan fingerprint density at radius 2 is 1.91 bits per heavy atom. The minimum atomic E-state index is -1.00. The van der Waals surface area contributed by atoms with Crippen LogP contribution in [-0.4, -0.2) is 88.9 Å². The van der Waals surface area contributed by atoms with Gasteiger partial charge in [0.1, 0.15) is 17.1 Å². The van der Waals surface area contributed by atoms with E-state index in [1.54, 1.807) is 33.8 Å². The van der Waals surface area contributed by atoms with Gasteiger partial charge in [-0.3, -0.25) is 14.4 Å². The predicted molar refractivity (Wildman–Crippen MR) is 120 cm³/mol. The zero-order valence-electron chi connectivity index (χ0n) is 19.8. The molecule has 1 aromatic heterocycles. The largest absolute Gasteiger partial charge is 0.467 e. The van der Waals surface area contributed by atoms with Crippen LogP contribution in [0.25, 0.3) is 0 Å². The van der Waals surface area contributed by atoms with E-state index in [2.05, 4.69) is 0 Å². The van der Waals surface area contributed by atoms with Gasteiger partial charge in [-0.2, -0.15) is 0 Å². The van der Waals surface area contributed by atoms with Crippen LogP contribution in [-0.2, 0) is 23.9 Å². The number of furan rings is 1. The van der Waals surface area contributed by atoms with Gasteiger partial charge in [0.15, 0.2) is 0 Å². The van der Waals surface area contributed by atoms with Crippen molar-refractivity contribution >= 4 is 23.7 Å². The Labute approximate surface area is 202 Å². The highest BCUT2D eigenvalue weighted by Gasteiger charge is 2.74. The Morgan fingerprint density at radius 3 is 2.60 bits per heavy atom. The van der Waals surface area contributed by atoms with Gasteiger partial charge in [0.25, 0.3) is 0 Å². The number of fused-ring (bicyclic) bond motifs is 2. The molecule has 4 saturated heterocycles. The zero-order valence-corrected chi connectivity index (χ0v) is 19.8. The molecule has 0 unspecified atom stereocenters. The number of hydrogen-bond donors (Lipinski definition) is 0. The molecular weight excluding hydrogens is 454 g/mol. The molecule has 35 heavy (non-hydrogen) atoms. The monoisotopic (exact) mass is 483 g/mol. The van der Waals surface area contributed by atoms with Crippen molar-refractivity contribution in [3.8, 4) is 0 Å². The van der Waals surface area contributed by atoms with Crippen LogP contribution in [0.4, 0.5) is 4.79 Å². The number of ether oxygens (including phenoxy) is 2. The maximum absolute atomic E-state index is 14.0. The first-order chi connectivity index (χ1) is 16.9. The number of rotatable bonds is 3. The van der Waals surface area contributed by atoms with E-state index in [1.165, 1.54) is 6.26 Å². The van der Waals surface area contributed by atoms with Crippen LogP contribution >= 0.6 is 0 Å². The summed E-state index contributed by atoms with van der Waals surface area (Å²) in [6, 6.07) is 2.53. The van der Waals surface area contributed by atoms with E-state index < -0.39 is 41.5 Å². The number of carbonyl (C=O) groups is 4. The Hall–Kier alpha value is -3.14. The highest BCUT2D eigenvalue weighted by atomic mass is 16.6. The fraction of sp³-hybridized carbons (Fsp3) is 0.600. The molecule has 6 rings (SSSR count). The highest BCUT2D eigenvalue weighted by Crippen LogP contribution is 2.60. The van der Waals surface area contributed by atoms with Gasteiger partial charge in [-0.05, 0) is 19.1 Å². The topological polar surface area (TPSA) is 110 Å². The van der Waals surface area contributed by atoms with E-state index >= 15 is 0 Å². The van der Waals surface area contributed by atoms with Crippen molar-refractivity contribution in [3.63, 3.8) is 0 Å². The Kier molecular flexibility index (Phi) is 5.07. The van der Waals surface area contributed by atoms with E-state index in [0.717, 1.165) is 0 Å². The van der Waals surface area contributed by atoms with E-state index in [-0.39, 0.29) is 30.1 Å². The minimum absolute atomic E-state index is 0.0563. The molecule has 10 nitrogen and oxygen atoms in total. The highest BCUT2D eigenvalue weighted by molar-refractivity contribution is 5.96. The summed E-state index contributed by atoms with van der Waals surface area (Å²) >= 11 is 0. The van der Waals surface area contributed by atoms with Crippen LogP contribution in [0.3, 0.4) is 0 Å². The molecule has 7 atom stereocenters. The molecule has 0 aromatic carbocycles. The number of piperidine rings is 1. The molecule has 186 valence electrons. The average molecular weight is 484 g/mol. The number of amides is 3. The van der Waals surface area contributed by atoms with Crippen molar-refractivity contribution in [2.45, 2.75) is 44.1 Å². The molecule has 10 heteroatoms. The maximum atomic E-state index is 14.0. The lowest BCUT2D eigenvalue weighted by Gasteiger charge is -2.43. The Bertz CT molecular complexity index is 1090. The maximum Gasteiger partial charge on any atom is 0.409 e. The summed E-state index contributed by atoms with van der Waals surface area (Å²) in [7, 11) is 0. The van der Waals surface area contributed by atoms with Gasteiger partial charge in [-0.1, -0.05) is 19.1 Å². The summed E-state index contributed by atoms with van der Waals surface area (Å²) in [5, 5.41) is 0. The third-order valence-corrected chi connectivity index (χ3v) is 8.35. The number of nitrogens with zero attached hydrogens (tertiary/aromatic N) is 3. The molecule has 0 saturated carbocycles. The first-order valence-corrected chi connectivity index (χ1v) is 12.3. The van der Waals surface area contributed by atoms with Gasteiger partial charge in [-0.15, -0.1) is 0 Å². The van der Waals surface area contributed by atoms with Gasteiger partial charge < -0.3 is 28.6 Å². The van der Waals surface area contributed by atoms with Crippen LogP contribution in [0.5, 0.6) is 0 Å². The summed E-state index contributed by atoms with van der Waals surface area (Å²) in [4.78, 5) is 57.9. The fourth-order valence-electron chi connectivity index (χ4n) is 6.78. The fourth-order valence-corrected chi connectivity index (χ4v) is 6.78. The van der Waals surface area contributed by atoms with Crippen LogP contribution in [0, 0.1) is 17.8 Å². The summed E-state index contributed by atoms with van der Waals surface area (Å²) in [6.07, 6.45) is 4.61. The van der Waals surface area contributed by atoms with E-state index in [0.29, 0.717) is 38.5 Å². The third-order valence-electron chi connectivity index (χ3n) is 8.35. The third kappa shape index (κ3) is 3.05. The zero-order chi connectivity index (χ0) is 24.5. The number of hydrogen-bond acceptors (Lipinski definition) is 7.